The number of benzene rings is 1. The molecule has 1 heterocycles. The third-order valence-electron chi connectivity index (χ3n) is 5.87. The topological polar surface area (TPSA) is 52.5 Å². The van der Waals surface area contributed by atoms with Crippen LogP contribution in [-0.4, -0.2) is 24.3 Å². The van der Waals surface area contributed by atoms with Gasteiger partial charge in [0.1, 0.15) is 6.61 Å². The normalized spacial score (nSPS) is 11.4. The van der Waals surface area contributed by atoms with Crippen molar-refractivity contribution in [3.8, 4) is 11.5 Å². The molecule has 2 aromatic rings. The Morgan fingerprint density at radius 2 is 1.83 bits per heavy atom. The lowest BCUT2D eigenvalue weighted by molar-refractivity contribution is 0.278. The van der Waals surface area contributed by atoms with Gasteiger partial charge in [0.2, 0.25) is 5.75 Å². The average molecular weight is 481 g/mol. The molecule has 1 aromatic carbocycles. The van der Waals surface area contributed by atoms with E-state index in [1.54, 1.807) is 6.08 Å². The number of anilines is 1. The summed E-state index contributed by atoms with van der Waals surface area (Å²) in [7, 11) is 0. The Morgan fingerprint density at radius 3 is 2.51 bits per heavy atom. The number of hydrogen-bond acceptors (Lipinski definition) is 4. The molecular weight excluding hydrogens is 436 g/mol. The summed E-state index contributed by atoms with van der Waals surface area (Å²) in [5, 5.41) is 4.47. The van der Waals surface area contributed by atoms with Gasteiger partial charge in [-0.3, -0.25) is 4.79 Å². The second-order valence-corrected chi connectivity index (χ2v) is 9.22. The first-order chi connectivity index (χ1) is 16.9. The fourth-order valence-corrected chi connectivity index (χ4v) is 3.88. The number of pyridine rings is 1. The zero-order valence-electron chi connectivity index (χ0n) is 22.4. The van der Waals surface area contributed by atoms with E-state index in [4.69, 9.17) is 9.47 Å². The van der Waals surface area contributed by atoms with Crippen molar-refractivity contribution in [3.63, 3.8) is 0 Å². The van der Waals surface area contributed by atoms with Crippen LogP contribution in [0, 0.1) is 0 Å². The van der Waals surface area contributed by atoms with Crippen molar-refractivity contribution in [1.29, 1.82) is 0 Å². The SMILES string of the molecule is C=CCOc1c(OCCCC)c2c(NC/C=C(\C)CCC=C(C)C)cccc2n(CCCC)c1=O. The molecule has 0 atom stereocenters. The molecule has 35 heavy (non-hydrogen) atoms. The number of fused-ring (bicyclic) bond motifs is 1. The first kappa shape index (κ1) is 28.3. The molecular formula is C30H44N2O3. The summed E-state index contributed by atoms with van der Waals surface area (Å²) in [5.41, 5.74) is 4.37. The highest BCUT2D eigenvalue weighted by atomic mass is 16.5. The highest BCUT2D eigenvalue weighted by molar-refractivity contribution is 5.98. The third-order valence-corrected chi connectivity index (χ3v) is 5.87. The van der Waals surface area contributed by atoms with Gasteiger partial charge in [0, 0.05) is 18.8 Å². The molecule has 1 N–H and O–H groups in total. The van der Waals surface area contributed by atoms with Crippen molar-refractivity contribution in [3.05, 3.63) is 64.5 Å². The van der Waals surface area contributed by atoms with E-state index in [1.807, 2.05) is 22.8 Å². The van der Waals surface area contributed by atoms with Crippen molar-refractivity contribution in [2.24, 2.45) is 0 Å². The van der Waals surface area contributed by atoms with Crippen LogP contribution in [0.25, 0.3) is 10.9 Å². The van der Waals surface area contributed by atoms with Gasteiger partial charge in [-0.2, -0.15) is 0 Å². The lowest BCUT2D eigenvalue weighted by Crippen LogP contribution is -2.24. The molecule has 1 aromatic heterocycles. The average Bonchev–Trinajstić information content (AvgIpc) is 2.83. The summed E-state index contributed by atoms with van der Waals surface area (Å²) < 4.78 is 14.0. The monoisotopic (exact) mass is 480 g/mol. The second kappa shape index (κ2) is 15.1. The summed E-state index contributed by atoms with van der Waals surface area (Å²) in [5.74, 6) is 0.799. The lowest BCUT2D eigenvalue weighted by Gasteiger charge is -2.20. The summed E-state index contributed by atoms with van der Waals surface area (Å²) in [6.07, 6.45) is 12.1. The summed E-state index contributed by atoms with van der Waals surface area (Å²) in [4.78, 5) is 13.5. The van der Waals surface area contributed by atoms with E-state index in [1.165, 1.54) is 11.1 Å². The summed E-state index contributed by atoms with van der Waals surface area (Å²) in [6, 6.07) is 6.05. The number of rotatable bonds is 16. The summed E-state index contributed by atoms with van der Waals surface area (Å²) in [6.45, 7) is 16.6. The number of allylic oxidation sites excluding steroid dienone is 3. The minimum absolute atomic E-state index is 0.147. The van der Waals surface area contributed by atoms with Crippen LogP contribution in [0.1, 0.15) is 73.1 Å². The highest BCUT2D eigenvalue weighted by Gasteiger charge is 2.21. The Bertz CT molecular complexity index is 1080. The Hall–Kier alpha value is -2.95. The van der Waals surface area contributed by atoms with E-state index >= 15 is 0 Å². The molecule has 0 aliphatic rings. The summed E-state index contributed by atoms with van der Waals surface area (Å²) >= 11 is 0. The quantitative estimate of drug-likeness (QED) is 0.198. The molecule has 5 nitrogen and oxygen atoms in total. The van der Waals surface area contributed by atoms with E-state index in [-0.39, 0.29) is 17.9 Å². The van der Waals surface area contributed by atoms with Gasteiger partial charge in [-0.1, -0.05) is 68.7 Å². The molecule has 5 heteroatoms. The van der Waals surface area contributed by atoms with E-state index in [9.17, 15) is 4.79 Å². The van der Waals surface area contributed by atoms with E-state index in [0.29, 0.717) is 25.4 Å². The van der Waals surface area contributed by atoms with Crippen molar-refractivity contribution in [1.82, 2.24) is 4.57 Å². The molecule has 0 saturated carbocycles. The minimum atomic E-state index is -0.147. The molecule has 0 bridgehead atoms. The largest absolute Gasteiger partial charge is 0.489 e. The zero-order valence-corrected chi connectivity index (χ0v) is 22.4. The predicted molar refractivity (Wildman–Crippen MR) is 150 cm³/mol. The molecule has 0 aliphatic carbocycles. The van der Waals surface area contributed by atoms with Crippen LogP contribution in [0.15, 0.2) is 58.9 Å². The Balaban J connectivity index is 2.53. The van der Waals surface area contributed by atoms with Gasteiger partial charge in [-0.25, -0.2) is 0 Å². The van der Waals surface area contributed by atoms with Gasteiger partial charge in [-0.15, -0.1) is 0 Å². The third kappa shape index (κ3) is 8.34. The molecule has 0 saturated heterocycles. The molecule has 0 aliphatic heterocycles. The minimum Gasteiger partial charge on any atom is -0.489 e. The van der Waals surface area contributed by atoms with E-state index in [2.05, 4.69) is 58.7 Å². The van der Waals surface area contributed by atoms with Crippen LogP contribution < -0.4 is 20.3 Å². The molecule has 0 unspecified atom stereocenters. The maximum absolute atomic E-state index is 13.5. The van der Waals surface area contributed by atoms with Crippen LogP contribution >= 0.6 is 0 Å². The fourth-order valence-electron chi connectivity index (χ4n) is 3.88. The highest BCUT2D eigenvalue weighted by Crippen LogP contribution is 2.38. The van der Waals surface area contributed by atoms with Gasteiger partial charge in [0.15, 0.2) is 5.75 Å². The molecule has 192 valence electrons. The van der Waals surface area contributed by atoms with E-state index < -0.39 is 0 Å². The lowest BCUT2D eigenvalue weighted by atomic mass is 10.1. The number of aromatic nitrogens is 1. The number of nitrogens with one attached hydrogen (secondary N) is 1. The maximum atomic E-state index is 13.5. The van der Waals surface area contributed by atoms with Gasteiger partial charge >= 0.3 is 0 Å². The van der Waals surface area contributed by atoms with Crippen LogP contribution in [0.4, 0.5) is 5.69 Å². The molecule has 0 spiro atoms. The molecule has 2 rings (SSSR count). The van der Waals surface area contributed by atoms with Gasteiger partial charge in [0.05, 0.1) is 17.5 Å². The number of ether oxygens (including phenoxy) is 2. The molecule has 0 radical (unpaired) electrons. The van der Waals surface area contributed by atoms with Gasteiger partial charge in [-0.05, 0) is 58.6 Å². The van der Waals surface area contributed by atoms with Crippen molar-refractivity contribution in [2.45, 2.75) is 79.7 Å². The van der Waals surface area contributed by atoms with Crippen LogP contribution in [-0.2, 0) is 6.54 Å². The standard InChI is InChI=1S/C30H44N2O3/c1-7-10-20-32-26-17-13-16-25(31-19-18-24(6)15-12-14-23(4)5)27(26)28(35-22-11-8-2)29(30(32)33)34-21-9-3/h9,13-14,16-18,31H,3,7-8,10-12,15,19-22H2,1-2,4-6H3/b24-18+. The van der Waals surface area contributed by atoms with Gasteiger partial charge in [0.25, 0.3) is 5.56 Å². The first-order valence-corrected chi connectivity index (χ1v) is 13.0. The van der Waals surface area contributed by atoms with Crippen LogP contribution in [0.3, 0.4) is 0 Å². The zero-order chi connectivity index (χ0) is 25.6. The molecule has 0 fully saturated rings. The number of unbranched alkanes of at least 4 members (excludes halogenated alkanes) is 2. The van der Waals surface area contributed by atoms with Gasteiger partial charge < -0.3 is 19.4 Å². The van der Waals surface area contributed by atoms with Crippen molar-refractivity contribution >= 4 is 16.6 Å². The second-order valence-electron chi connectivity index (χ2n) is 9.22. The van der Waals surface area contributed by atoms with E-state index in [0.717, 1.165) is 55.1 Å². The maximum Gasteiger partial charge on any atom is 0.297 e. The van der Waals surface area contributed by atoms with Crippen LogP contribution in [0.2, 0.25) is 0 Å². The Kier molecular flexibility index (Phi) is 12.2. The Labute approximate surface area is 211 Å². The number of nitrogens with zero attached hydrogens (tertiary/aromatic N) is 1. The fraction of sp³-hybridized carbons (Fsp3) is 0.500. The smallest absolute Gasteiger partial charge is 0.297 e. The first-order valence-electron chi connectivity index (χ1n) is 13.0. The van der Waals surface area contributed by atoms with Crippen molar-refractivity contribution < 1.29 is 9.47 Å². The predicted octanol–water partition coefficient (Wildman–Crippen LogP) is 7.65. The number of hydrogen-bond donors (Lipinski definition) is 1. The number of aryl methyl sites for hydroxylation is 1. The van der Waals surface area contributed by atoms with Crippen LogP contribution in [0.5, 0.6) is 11.5 Å². The Morgan fingerprint density at radius 1 is 1.06 bits per heavy atom. The molecule has 0 amide bonds. The van der Waals surface area contributed by atoms with Crippen molar-refractivity contribution in [2.75, 3.05) is 25.1 Å².